The van der Waals surface area contributed by atoms with Crippen molar-refractivity contribution in [2.45, 2.75) is 46.0 Å². The molecule has 0 aromatic carbocycles. The number of aromatic amines is 2. The van der Waals surface area contributed by atoms with Crippen LogP contribution in [0.15, 0.2) is 12.4 Å². The lowest BCUT2D eigenvalue weighted by Crippen LogP contribution is -2.06. The summed E-state index contributed by atoms with van der Waals surface area (Å²) in [4.78, 5) is 29.5. The molecule has 6 nitrogen and oxygen atoms in total. The summed E-state index contributed by atoms with van der Waals surface area (Å²) < 4.78 is 9.47. The van der Waals surface area contributed by atoms with E-state index < -0.39 is 0 Å². The Labute approximate surface area is 147 Å². The van der Waals surface area contributed by atoms with E-state index in [4.69, 9.17) is 9.47 Å². The van der Waals surface area contributed by atoms with E-state index in [1.54, 1.807) is 0 Å². The van der Waals surface area contributed by atoms with Gasteiger partial charge in [0.25, 0.3) is 0 Å². The summed E-state index contributed by atoms with van der Waals surface area (Å²) in [5.41, 5.74) is 6.75. The Hall–Kier alpha value is -2.50. The fraction of sp³-hybridized carbons (Fsp3) is 0.474. The first kappa shape index (κ1) is 18.8. The third-order valence-electron chi connectivity index (χ3n) is 4.57. The molecule has 2 aromatic heterocycles. The van der Waals surface area contributed by atoms with Gasteiger partial charge >= 0.3 is 11.9 Å². The highest BCUT2D eigenvalue weighted by Crippen LogP contribution is 2.23. The van der Waals surface area contributed by atoms with Crippen LogP contribution in [0.1, 0.15) is 46.5 Å². The fourth-order valence-corrected chi connectivity index (χ4v) is 3.06. The monoisotopic (exact) mass is 346 g/mol. The molecule has 0 unspecified atom stereocenters. The average molecular weight is 346 g/mol. The van der Waals surface area contributed by atoms with Crippen molar-refractivity contribution in [3.8, 4) is 0 Å². The van der Waals surface area contributed by atoms with E-state index in [2.05, 4.69) is 9.97 Å². The SMILES string of the molecule is COC(=O)CCc1c(C)c[nH]c1Cc1[nH]cc(C)c1CCC(=O)OC. The van der Waals surface area contributed by atoms with Crippen LogP contribution in [0.3, 0.4) is 0 Å². The number of hydrogen-bond donors (Lipinski definition) is 2. The highest BCUT2D eigenvalue weighted by molar-refractivity contribution is 5.70. The molecule has 0 saturated carbocycles. The standard InChI is InChI=1S/C19H26N2O4/c1-12-10-20-16(14(12)5-7-18(22)24-3)9-17-15(13(2)11-21-17)6-8-19(23)25-4/h10-11,20-21H,5-9H2,1-4H3. The molecule has 0 fully saturated rings. The van der Waals surface area contributed by atoms with Crippen LogP contribution >= 0.6 is 0 Å². The number of nitrogens with one attached hydrogen (secondary N) is 2. The third-order valence-corrected chi connectivity index (χ3v) is 4.57. The van der Waals surface area contributed by atoms with Crippen LogP contribution in [0.4, 0.5) is 0 Å². The lowest BCUT2D eigenvalue weighted by molar-refractivity contribution is -0.141. The van der Waals surface area contributed by atoms with Crippen LogP contribution < -0.4 is 0 Å². The minimum absolute atomic E-state index is 0.207. The molecule has 2 N–H and O–H groups in total. The van der Waals surface area contributed by atoms with Gasteiger partial charge in [0.15, 0.2) is 0 Å². The number of aryl methyl sites for hydroxylation is 2. The van der Waals surface area contributed by atoms with Gasteiger partial charge in [0.1, 0.15) is 0 Å². The number of carbonyl (C=O) groups excluding carboxylic acids is 2. The van der Waals surface area contributed by atoms with E-state index in [-0.39, 0.29) is 11.9 Å². The van der Waals surface area contributed by atoms with Gasteiger partial charge in [0.2, 0.25) is 0 Å². The first-order chi connectivity index (χ1) is 12.0. The molecule has 0 spiro atoms. The normalized spacial score (nSPS) is 10.7. The van der Waals surface area contributed by atoms with Crippen LogP contribution in [-0.2, 0) is 38.3 Å². The molecule has 0 atom stereocenters. The Morgan fingerprint density at radius 1 is 0.840 bits per heavy atom. The molecule has 2 heterocycles. The van der Waals surface area contributed by atoms with Crippen molar-refractivity contribution >= 4 is 11.9 Å². The van der Waals surface area contributed by atoms with E-state index >= 15 is 0 Å². The summed E-state index contributed by atoms with van der Waals surface area (Å²) in [6.07, 6.45) is 6.65. The zero-order chi connectivity index (χ0) is 18.4. The Kier molecular flexibility index (Phi) is 6.44. The molecule has 0 amide bonds. The molecule has 0 aliphatic carbocycles. The molecule has 136 valence electrons. The van der Waals surface area contributed by atoms with E-state index in [0.717, 1.165) is 33.6 Å². The maximum atomic E-state index is 11.4. The van der Waals surface area contributed by atoms with Crippen molar-refractivity contribution in [3.05, 3.63) is 46.0 Å². The number of aromatic nitrogens is 2. The number of H-pyrrole nitrogens is 2. The van der Waals surface area contributed by atoms with Gasteiger partial charge in [-0.3, -0.25) is 9.59 Å². The Morgan fingerprint density at radius 2 is 1.24 bits per heavy atom. The van der Waals surface area contributed by atoms with Gasteiger partial charge in [-0.15, -0.1) is 0 Å². The molecule has 2 rings (SSSR count). The first-order valence-electron chi connectivity index (χ1n) is 8.41. The minimum Gasteiger partial charge on any atom is -0.469 e. The number of rotatable bonds is 8. The lowest BCUT2D eigenvalue weighted by Gasteiger charge is -2.08. The molecular weight excluding hydrogens is 320 g/mol. The van der Waals surface area contributed by atoms with Gasteiger partial charge in [-0.25, -0.2) is 0 Å². The first-order valence-corrected chi connectivity index (χ1v) is 8.41. The molecule has 0 aliphatic heterocycles. The van der Waals surface area contributed by atoms with Gasteiger partial charge < -0.3 is 19.4 Å². The van der Waals surface area contributed by atoms with Crippen molar-refractivity contribution in [3.63, 3.8) is 0 Å². The van der Waals surface area contributed by atoms with Gasteiger partial charge in [-0.05, 0) is 48.9 Å². The summed E-state index contributed by atoms with van der Waals surface area (Å²) >= 11 is 0. The van der Waals surface area contributed by atoms with Gasteiger partial charge in [-0.2, -0.15) is 0 Å². The topological polar surface area (TPSA) is 84.2 Å². The predicted octanol–water partition coefficient (Wildman–Crippen LogP) is 2.76. The van der Waals surface area contributed by atoms with Crippen molar-refractivity contribution in [1.82, 2.24) is 9.97 Å². The summed E-state index contributed by atoms with van der Waals surface area (Å²) in [5, 5.41) is 0. The van der Waals surface area contributed by atoms with Crippen molar-refractivity contribution in [1.29, 1.82) is 0 Å². The Balaban J connectivity index is 2.15. The number of hydrogen-bond acceptors (Lipinski definition) is 4. The maximum absolute atomic E-state index is 11.4. The molecule has 2 aromatic rings. The molecular formula is C19H26N2O4. The van der Waals surface area contributed by atoms with Crippen LogP contribution in [0.5, 0.6) is 0 Å². The smallest absolute Gasteiger partial charge is 0.305 e. The zero-order valence-corrected chi connectivity index (χ0v) is 15.3. The number of ether oxygens (including phenoxy) is 2. The van der Waals surface area contributed by atoms with E-state index in [1.165, 1.54) is 14.2 Å². The van der Waals surface area contributed by atoms with Crippen molar-refractivity contribution in [2.24, 2.45) is 0 Å². The van der Waals surface area contributed by atoms with Crippen LogP contribution in [-0.4, -0.2) is 36.1 Å². The Morgan fingerprint density at radius 3 is 1.60 bits per heavy atom. The number of esters is 2. The maximum Gasteiger partial charge on any atom is 0.305 e. The second-order valence-corrected chi connectivity index (χ2v) is 6.19. The van der Waals surface area contributed by atoms with Crippen molar-refractivity contribution in [2.75, 3.05) is 14.2 Å². The van der Waals surface area contributed by atoms with Gasteiger partial charge in [-0.1, -0.05) is 0 Å². The fourth-order valence-electron chi connectivity index (χ4n) is 3.06. The predicted molar refractivity (Wildman–Crippen MR) is 94.5 cm³/mol. The largest absolute Gasteiger partial charge is 0.469 e. The summed E-state index contributed by atoms with van der Waals surface area (Å²) in [6.45, 7) is 4.06. The molecule has 0 saturated heterocycles. The van der Waals surface area contributed by atoms with Crippen LogP contribution in [0.25, 0.3) is 0 Å². The van der Waals surface area contributed by atoms with E-state index in [9.17, 15) is 9.59 Å². The highest BCUT2D eigenvalue weighted by Gasteiger charge is 2.16. The molecule has 0 bridgehead atoms. The number of carbonyl (C=O) groups is 2. The van der Waals surface area contributed by atoms with Crippen LogP contribution in [0.2, 0.25) is 0 Å². The molecule has 0 aliphatic rings. The molecule has 0 radical (unpaired) electrons. The molecule has 25 heavy (non-hydrogen) atoms. The second kappa shape index (κ2) is 8.55. The summed E-state index contributed by atoms with van der Waals surface area (Å²) in [6, 6.07) is 0. The zero-order valence-electron chi connectivity index (χ0n) is 15.3. The summed E-state index contributed by atoms with van der Waals surface area (Å²) in [7, 11) is 2.81. The highest BCUT2D eigenvalue weighted by atomic mass is 16.5. The second-order valence-electron chi connectivity index (χ2n) is 6.19. The molecule has 6 heteroatoms. The average Bonchev–Trinajstić information content (AvgIpc) is 3.13. The van der Waals surface area contributed by atoms with Crippen LogP contribution in [0, 0.1) is 13.8 Å². The van der Waals surface area contributed by atoms with Gasteiger partial charge in [0.05, 0.1) is 14.2 Å². The third kappa shape index (κ3) is 4.75. The van der Waals surface area contributed by atoms with Gasteiger partial charge in [0, 0.05) is 43.0 Å². The minimum atomic E-state index is -0.207. The quantitative estimate of drug-likeness (QED) is 0.720. The van der Waals surface area contributed by atoms with E-state index in [0.29, 0.717) is 32.1 Å². The van der Waals surface area contributed by atoms with Crippen molar-refractivity contribution < 1.29 is 19.1 Å². The van der Waals surface area contributed by atoms with E-state index in [1.807, 2.05) is 26.2 Å². The Bertz CT molecular complexity index is 680. The summed E-state index contributed by atoms with van der Waals surface area (Å²) in [5.74, 6) is -0.415. The number of methoxy groups -OCH3 is 2. The lowest BCUT2D eigenvalue weighted by atomic mass is 9.99.